The molecule has 3 heterocycles. The van der Waals surface area contributed by atoms with Gasteiger partial charge >= 0.3 is 0 Å². The number of rotatable bonds is 5. The van der Waals surface area contributed by atoms with Crippen LogP contribution in [0.15, 0.2) is 59.9 Å². The number of nitrogens with zero attached hydrogens (tertiary/aromatic N) is 3. The zero-order chi connectivity index (χ0) is 20.6. The lowest BCUT2D eigenvalue weighted by Crippen LogP contribution is -2.29. The molecule has 1 aliphatic heterocycles. The third-order valence-corrected chi connectivity index (χ3v) is 7.05. The van der Waals surface area contributed by atoms with Crippen LogP contribution in [0.25, 0.3) is 5.65 Å². The number of aromatic nitrogens is 2. The Labute approximate surface area is 168 Å². The Morgan fingerprint density at radius 1 is 1.21 bits per heavy atom. The van der Waals surface area contributed by atoms with E-state index in [1.807, 2.05) is 6.92 Å². The lowest BCUT2D eigenvalue weighted by molar-refractivity contribution is 0.0950. The van der Waals surface area contributed by atoms with E-state index in [1.165, 1.54) is 16.4 Å². The first kappa shape index (κ1) is 19.6. The van der Waals surface area contributed by atoms with Crippen LogP contribution < -0.4 is 5.32 Å². The number of aliphatic hydroxyl groups is 1. The fourth-order valence-electron chi connectivity index (χ4n) is 3.37. The number of aliphatic hydroxyl groups excluding tert-OH is 1. The summed E-state index contributed by atoms with van der Waals surface area (Å²) in [5.74, 6) is -0.307. The number of β-amino-alcohol motifs (C(OH)–C–C–N with tert-alkyl or cyclic N) is 1. The van der Waals surface area contributed by atoms with Gasteiger partial charge in [-0.15, -0.1) is 0 Å². The normalized spacial score (nSPS) is 20.2. The molecule has 8 nitrogen and oxygen atoms in total. The lowest BCUT2D eigenvalue weighted by atomic mass is 10.1. The number of carbonyl (C=O) groups is 1. The molecule has 3 aromatic rings. The smallest absolute Gasteiger partial charge is 0.253 e. The topological polar surface area (TPSA) is 104 Å². The van der Waals surface area contributed by atoms with Crippen molar-refractivity contribution >= 4 is 21.6 Å². The average molecular weight is 414 g/mol. The van der Waals surface area contributed by atoms with E-state index in [2.05, 4.69) is 10.3 Å². The third kappa shape index (κ3) is 3.89. The molecule has 2 atom stereocenters. The Bertz CT molecular complexity index is 1130. The molecule has 152 valence electrons. The minimum atomic E-state index is -3.63. The van der Waals surface area contributed by atoms with Crippen molar-refractivity contribution in [2.45, 2.75) is 24.5 Å². The highest BCUT2D eigenvalue weighted by Gasteiger charge is 2.36. The number of nitrogens with one attached hydrogen (secondary N) is 1. The van der Waals surface area contributed by atoms with Crippen molar-refractivity contribution < 1.29 is 18.3 Å². The molecular formula is C20H22N4O4S. The summed E-state index contributed by atoms with van der Waals surface area (Å²) in [6.45, 7) is 2.53. The summed E-state index contributed by atoms with van der Waals surface area (Å²) in [4.78, 5) is 16.7. The minimum Gasteiger partial charge on any atom is -0.391 e. The fraction of sp³-hybridized carbons (Fsp3) is 0.300. The highest BCUT2D eigenvalue weighted by atomic mass is 32.2. The van der Waals surface area contributed by atoms with E-state index in [-0.39, 0.29) is 29.8 Å². The minimum absolute atomic E-state index is 0.0826. The molecule has 1 saturated heterocycles. The van der Waals surface area contributed by atoms with Gasteiger partial charge in [0.15, 0.2) is 0 Å². The maximum atomic E-state index is 12.7. The van der Waals surface area contributed by atoms with E-state index in [1.54, 1.807) is 47.3 Å². The van der Waals surface area contributed by atoms with Gasteiger partial charge in [0.2, 0.25) is 10.0 Å². The van der Waals surface area contributed by atoms with Crippen molar-refractivity contribution in [2.24, 2.45) is 5.92 Å². The number of hydrogen-bond acceptors (Lipinski definition) is 5. The van der Waals surface area contributed by atoms with Crippen LogP contribution in [0.1, 0.15) is 22.8 Å². The summed E-state index contributed by atoms with van der Waals surface area (Å²) >= 11 is 0. The van der Waals surface area contributed by atoms with Crippen molar-refractivity contribution in [1.29, 1.82) is 0 Å². The number of carbonyl (C=O) groups excluding carboxylic acids is 1. The van der Waals surface area contributed by atoms with Crippen molar-refractivity contribution in [3.05, 3.63) is 66.1 Å². The first-order chi connectivity index (χ1) is 13.8. The van der Waals surface area contributed by atoms with Crippen molar-refractivity contribution in [1.82, 2.24) is 19.0 Å². The molecule has 0 spiro atoms. The van der Waals surface area contributed by atoms with E-state index < -0.39 is 16.1 Å². The second-order valence-corrected chi connectivity index (χ2v) is 9.24. The van der Waals surface area contributed by atoms with Gasteiger partial charge in [0, 0.05) is 38.2 Å². The van der Waals surface area contributed by atoms with Crippen molar-refractivity contribution in [3.63, 3.8) is 0 Å². The molecule has 0 saturated carbocycles. The van der Waals surface area contributed by atoms with E-state index in [9.17, 15) is 18.3 Å². The Hall–Kier alpha value is -2.75. The number of sulfonamides is 1. The second kappa shape index (κ2) is 7.58. The molecular weight excluding hydrogens is 392 g/mol. The lowest BCUT2D eigenvalue weighted by Gasteiger charge is -2.16. The highest BCUT2D eigenvalue weighted by Crippen LogP contribution is 2.24. The van der Waals surface area contributed by atoms with Gasteiger partial charge in [0.05, 0.1) is 16.6 Å². The molecule has 1 fully saturated rings. The molecule has 9 heteroatoms. The average Bonchev–Trinajstić information content (AvgIpc) is 3.32. The van der Waals surface area contributed by atoms with E-state index in [4.69, 9.17) is 0 Å². The van der Waals surface area contributed by atoms with Crippen LogP contribution in [0.3, 0.4) is 0 Å². The molecule has 0 bridgehead atoms. The number of pyridine rings is 1. The maximum Gasteiger partial charge on any atom is 0.253 e. The molecule has 2 aromatic heterocycles. The first-order valence-corrected chi connectivity index (χ1v) is 10.8. The largest absolute Gasteiger partial charge is 0.391 e. The highest BCUT2D eigenvalue weighted by molar-refractivity contribution is 7.89. The second-order valence-electron chi connectivity index (χ2n) is 7.30. The summed E-state index contributed by atoms with van der Waals surface area (Å²) in [5, 5.41) is 12.7. The molecule has 1 aliphatic rings. The van der Waals surface area contributed by atoms with Crippen LogP contribution in [-0.2, 0) is 16.6 Å². The first-order valence-electron chi connectivity index (χ1n) is 9.32. The molecule has 29 heavy (non-hydrogen) atoms. The van der Waals surface area contributed by atoms with Crippen LogP contribution in [0.2, 0.25) is 0 Å². The molecule has 0 unspecified atom stereocenters. The summed E-state index contributed by atoms with van der Waals surface area (Å²) in [7, 11) is -3.63. The Balaban J connectivity index is 1.41. The monoisotopic (exact) mass is 414 g/mol. The summed E-state index contributed by atoms with van der Waals surface area (Å²) in [5.41, 5.74) is 2.06. The summed E-state index contributed by atoms with van der Waals surface area (Å²) < 4.78 is 28.5. The van der Waals surface area contributed by atoms with Gasteiger partial charge in [-0.1, -0.05) is 19.1 Å². The standard InChI is InChI=1S/C20H22N4O4S/c1-14-11-24(13-18(14)25)29(27,28)17-5-2-15(3-6-17)10-22-20(26)16-4-7-19-21-8-9-23(19)12-16/h2-9,12,14,18,25H,10-11,13H2,1H3,(H,22,26)/t14-,18-/m1/s1. The Morgan fingerprint density at radius 3 is 2.66 bits per heavy atom. The van der Waals surface area contributed by atoms with Crippen LogP contribution in [0, 0.1) is 5.92 Å². The van der Waals surface area contributed by atoms with E-state index in [0.29, 0.717) is 12.1 Å². The zero-order valence-electron chi connectivity index (χ0n) is 15.9. The van der Waals surface area contributed by atoms with Gasteiger partial charge in [-0.2, -0.15) is 4.31 Å². The van der Waals surface area contributed by atoms with Gasteiger partial charge in [-0.3, -0.25) is 4.79 Å². The quantitative estimate of drug-likeness (QED) is 0.654. The van der Waals surface area contributed by atoms with Gasteiger partial charge in [0.25, 0.3) is 5.91 Å². The number of amides is 1. The van der Waals surface area contributed by atoms with Gasteiger partial charge < -0.3 is 14.8 Å². The van der Waals surface area contributed by atoms with Crippen LogP contribution in [0.5, 0.6) is 0 Å². The molecule has 4 rings (SSSR count). The van der Waals surface area contributed by atoms with Gasteiger partial charge in [-0.05, 0) is 35.7 Å². The molecule has 0 aliphatic carbocycles. The Morgan fingerprint density at radius 2 is 1.97 bits per heavy atom. The van der Waals surface area contributed by atoms with Crippen LogP contribution in [0.4, 0.5) is 0 Å². The number of hydrogen-bond donors (Lipinski definition) is 2. The maximum absolute atomic E-state index is 12.7. The molecule has 1 amide bonds. The summed E-state index contributed by atoms with van der Waals surface area (Å²) in [6, 6.07) is 9.90. The summed E-state index contributed by atoms with van der Waals surface area (Å²) in [6.07, 6.45) is 4.50. The van der Waals surface area contributed by atoms with Gasteiger partial charge in [-0.25, -0.2) is 13.4 Å². The third-order valence-electron chi connectivity index (χ3n) is 5.20. The molecule has 2 N–H and O–H groups in total. The predicted octanol–water partition coefficient (Wildman–Crippen LogP) is 1.27. The van der Waals surface area contributed by atoms with E-state index in [0.717, 1.165) is 11.2 Å². The zero-order valence-corrected chi connectivity index (χ0v) is 16.7. The Kier molecular flexibility index (Phi) is 5.12. The number of benzene rings is 1. The number of fused-ring (bicyclic) bond motifs is 1. The SMILES string of the molecule is C[C@@H]1CN(S(=O)(=O)c2ccc(CNC(=O)c3ccc4nccn4c3)cc2)C[C@H]1O. The fourth-order valence-corrected chi connectivity index (χ4v) is 4.93. The van der Waals surface area contributed by atoms with Crippen molar-refractivity contribution in [3.8, 4) is 0 Å². The van der Waals surface area contributed by atoms with Crippen LogP contribution >= 0.6 is 0 Å². The van der Waals surface area contributed by atoms with Crippen LogP contribution in [-0.4, -0.2) is 52.3 Å². The molecule has 0 radical (unpaired) electrons. The number of imidazole rings is 1. The molecule has 1 aromatic carbocycles. The van der Waals surface area contributed by atoms with Crippen molar-refractivity contribution in [2.75, 3.05) is 13.1 Å². The van der Waals surface area contributed by atoms with E-state index >= 15 is 0 Å². The predicted molar refractivity (Wildman–Crippen MR) is 107 cm³/mol. The van der Waals surface area contributed by atoms with Gasteiger partial charge in [0.1, 0.15) is 5.65 Å².